The fourth-order valence-corrected chi connectivity index (χ4v) is 3.71. The van der Waals surface area contributed by atoms with Crippen LogP contribution in [0.1, 0.15) is 31.8 Å². The second-order valence-corrected chi connectivity index (χ2v) is 7.21. The Hall–Kier alpha value is -4.31. The number of carbonyl (C=O) groups excluding carboxylic acids is 2. The van der Waals surface area contributed by atoms with E-state index in [1.54, 1.807) is 72.8 Å². The average molecular weight is 404 g/mol. The summed E-state index contributed by atoms with van der Waals surface area (Å²) in [5, 5.41) is 0.692. The van der Waals surface area contributed by atoms with E-state index in [2.05, 4.69) is 0 Å². The second-order valence-electron chi connectivity index (χ2n) is 7.21. The summed E-state index contributed by atoms with van der Waals surface area (Å²) in [5.41, 5.74) is 1.73. The van der Waals surface area contributed by atoms with Gasteiger partial charge in [0, 0.05) is 22.3 Å². The minimum absolute atomic E-state index is 0.176. The molecule has 0 amide bonds. The van der Waals surface area contributed by atoms with Crippen LogP contribution >= 0.6 is 0 Å². The van der Waals surface area contributed by atoms with Gasteiger partial charge in [0.1, 0.15) is 11.2 Å². The molecule has 1 aromatic heterocycles. The van der Waals surface area contributed by atoms with Crippen molar-refractivity contribution < 1.29 is 14.0 Å². The lowest BCUT2D eigenvalue weighted by Gasteiger charge is -2.11. The van der Waals surface area contributed by atoms with Gasteiger partial charge in [0.2, 0.25) is 5.43 Å². The van der Waals surface area contributed by atoms with Crippen molar-refractivity contribution in [1.29, 1.82) is 0 Å². The summed E-state index contributed by atoms with van der Waals surface area (Å²) >= 11 is 0. The van der Waals surface area contributed by atoms with Gasteiger partial charge in [-0.1, -0.05) is 72.8 Å². The third-order valence-electron chi connectivity index (χ3n) is 5.28. The number of ketones is 2. The number of carbonyl (C=O) groups is 2. The van der Waals surface area contributed by atoms with Crippen LogP contribution < -0.4 is 5.43 Å². The van der Waals surface area contributed by atoms with E-state index < -0.39 is 0 Å². The first-order valence-corrected chi connectivity index (χ1v) is 9.82. The largest absolute Gasteiger partial charge is 0.456 e. The molecule has 0 atom stereocenters. The summed E-state index contributed by atoms with van der Waals surface area (Å²) in [6.07, 6.45) is 0. The smallest absolute Gasteiger partial charge is 0.200 e. The Morgan fingerprint density at radius 1 is 0.548 bits per heavy atom. The van der Waals surface area contributed by atoms with Crippen molar-refractivity contribution in [2.45, 2.75) is 0 Å². The molecule has 5 aromatic rings. The van der Waals surface area contributed by atoms with E-state index >= 15 is 0 Å². The molecule has 0 spiro atoms. The Kier molecular flexibility index (Phi) is 4.53. The molecular weight excluding hydrogens is 388 g/mol. The maximum atomic E-state index is 13.3. The summed E-state index contributed by atoms with van der Waals surface area (Å²) in [4.78, 5) is 39.8. The molecule has 0 saturated heterocycles. The number of hydrogen-bond acceptors (Lipinski definition) is 4. The third-order valence-corrected chi connectivity index (χ3v) is 5.28. The number of hydrogen-bond donors (Lipinski definition) is 0. The summed E-state index contributed by atoms with van der Waals surface area (Å²) < 4.78 is 5.93. The highest BCUT2D eigenvalue weighted by molar-refractivity contribution is 6.21. The SMILES string of the molecule is O=C(c1ccccc1)c1cc2oc3ccccc3c(=O)c2cc1C(=O)c1ccccc1. The van der Waals surface area contributed by atoms with Crippen LogP contribution in [0.2, 0.25) is 0 Å². The molecule has 1 heterocycles. The van der Waals surface area contributed by atoms with Crippen molar-refractivity contribution in [3.8, 4) is 0 Å². The highest BCUT2D eigenvalue weighted by Gasteiger charge is 2.22. The molecule has 0 saturated carbocycles. The van der Waals surface area contributed by atoms with E-state index in [0.717, 1.165) is 0 Å². The summed E-state index contributed by atoms with van der Waals surface area (Å²) in [7, 11) is 0. The molecule has 0 N–H and O–H groups in total. The van der Waals surface area contributed by atoms with Gasteiger partial charge in [0.05, 0.1) is 10.8 Å². The number of fused-ring (bicyclic) bond motifs is 2. The van der Waals surface area contributed by atoms with E-state index in [1.807, 2.05) is 12.1 Å². The van der Waals surface area contributed by atoms with E-state index in [4.69, 9.17) is 4.42 Å². The van der Waals surface area contributed by atoms with Crippen LogP contribution in [-0.2, 0) is 0 Å². The molecule has 0 fully saturated rings. The van der Waals surface area contributed by atoms with Gasteiger partial charge in [-0.3, -0.25) is 14.4 Å². The zero-order valence-electron chi connectivity index (χ0n) is 16.4. The molecule has 31 heavy (non-hydrogen) atoms. The predicted molar refractivity (Wildman–Crippen MR) is 120 cm³/mol. The molecule has 4 nitrogen and oxygen atoms in total. The fraction of sp³-hybridized carbons (Fsp3) is 0. The molecule has 5 rings (SSSR count). The van der Waals surface area contributed by atoms with Crippen LogP contribution in [0, 0.1) is 0 Å². The average Bonchev–Trinajstić information content (AvgIpc) is 2.84. The van der Waals surface area contributed by atoms with Gasteiger partial charge in [0.15, 0.2) is 11.6 Å². The lowest BCUT2D eigenvalue weighted by Crippen LogP contribution is -2.13. The molecule has 0 aliphatic rings. The van der Waals surface area contributed by atoms with Crippen molar-refractivity contribution in [1.82, 2.24) is 0 Å². The maximum Gasteiger partial charge on any atom is 0.200 e. The molecule has 0 unspecified atom stereocenters. The first-order valence-electron chi connectivity index (χ1n) is 9.82. The number of rotatable bonds is 4. The zero-order chi connectivity index (χ0) is 21.4. The van der Waals surface area contributed by atoms with Crippen LogP contribution in [0.3, 0.4) is 0 Å². The molecule has 4 aromatic carbocycles. The third kappa shape index (κ3) is 3.24. The summed E-state index contributed by atoms with van der Waals surface area (Å²) in [6, 6.07) is 27.4. The van der Waals surface area contributed by atoms with Crippen molar-refractivity contribution in [3.63, 3.8) is 0 Å². The fourth-order valence-electron chi connectivity index (χ4n) is 3.71. The van der Waals surface area contributed by atoms with Gasteiger partial charge in [0.25, 0.3) is 0 Å². The van der Waals surface area contributed by atoms with Crippen molar-refractivity contribution in [2.24, 2.45) is 0 Å². The number of benzene rings is 4. The highest BCUT2D eigenvalue weighted by atomic mass is 16.3. The normalized spacial score (nSPS) is 11.0. The molecule has 0 radical (unpaired) electrons. The van der Waals surface area contributed by atoms with Gasteiger partial charge in [-0.2, -0.15) is 0 Å². The molecule has 148 valence electrons. The first-order chi connectivity index (χ1) is 15.1. The first kappa shape index (κ1) is 18.7. The monoisotopic (exact) mass is 404 g/mol. The Morgan fingerprint density at radius 2 is 1.06 bits per heavy atom. The topological polar surface area (TPSA) is 64.3 Å². The second kappa shape index (κ2) is 7.50. The molecule has 0 aliphatic carbocycles. The number of para-hydroxylation sites is 1. The van der Waals surface area contributed by atoms with Gasteiger partial charge >= 0.3 is 0 Å². The maximum absolute atomic E-state index is 13.3. The van der Waals surface area contributed by atoms with E-state index in [0.29, 0.717) is 22.1 Å². The standard InChI is InChI=1S/C27H16O4/c28-25(17-9-3-1-4-10-17)20-15-22-24(31-23-14-8-7-13-19(23)27(22)30)16-21(20)26(29)18-11-5-2-6-12-18/h1-16H. The van der Waals surface area contributed by atoms with E-state index in [-0.39, 0.29) is 39.1 Å². The van der Waals surface area contributed by atoms with Gasteiger partial charge < -0.3 is 4.42 Å². The van der Waals surface area contributed by atoms with Crippen LogP contribution in [-0.4, -0.2) is 11.6 Å². The Morgan fingerprint density at radius 3 is 1.68 bits per heavy atom. The zero-order valence-corrected chi connectivity index (χ0v) is 16.4. The van der Waals surface area contributed by atoms with Crippen molar-refractivity contribution in [2.75, 3.05) is 0 Å². The van der Waals surface area contributed by atoms with Gasteiger partial charge in [-0.25, -0.2) is 0 Å². The van der Waals surface area contributed by atoms with Crippen LogP contribution in [0.15, 0.2) is 106 Å². The van der Waals surface area contributed by atoms with E-state index in [9.17, 15) is 14.4 Å². The quantitative estimate of drug-likeness (QED) is 0.297. The Labute approximate surface area is 177 Å². The summed E-state index contributed by atoms with van der Waals surface area (Å²) in [6.45, 7) is 0. The minimum Gasteiger partial charge on any atom is -0.456 e. The van der Waals surface area contributed by atoms with Crippen LogP contribution in [0.5, 0.6) is 0 Å². The minimum atomic E-state index is -0.325. The van der Waals surface area contributed by atoms with Crippen molar-refractivity contribution in [3.05, 3.63) is 130 Å². The van der Waals surface area contributed by atoms with Crippen LogP contribution in [0.25, 0.3) is 21.9 Å². The highest BCUT2D eigenvalue weighted by Crippen LogP contribution is 2.26. The van der Waals surface area contributed by atoms with Gasteiger partial charge in [-0.05, 0) is 24.3 Å². The van der Waals surface area contributed by atoms with Gasteiger partial charge in [-0.15, -0.1) is 0 Å². The lowest BCUT2D eigenvalue weighted by atomic mass is 9.91. The van der Waals surface area contributed by atoms with Crippen LogP contribution in [0.4, 0.5) is 0 Å². The predicted octanol–water partition coefficient (Wildman–Crippen LogP) is 5.41. The summed E-state index contributed by atoms with van der Waals surface area (Å²) in [5.74, 6) is -0.632. The lowest BCUT2D eigenvalue weighted by molar-refractivity contribution is 0.100. The molecule has 0 aliphatic heterocycles. The Balaban J connectivity index is 1.82. The molecular formula is C27H16O4. The van der Waals surface area contributed by atoms with Crippen molar-refractivity contribution >= 4 is 33.5 Å². The molecule has 0 bridgehead atoms. The Bertz CT molecular complexity index is 1510. The molecule has 4 heteroatoms. The van der Waals surface area contributed by atoms with E-state index in [1.165, 1.54) is 12.1 Å².